The standard InChI is InChI=1S/C14H26N2O/c1-9(14(2,3)4)16-13(17)12-11-7-5-6-10(11)8-15-12/h9-12,15H,5-8H2,1-4H3,(H,16,17). The molecule has 4 unspecified atom stereocenters. The second-order valence-electron chi connectivity index (χ2n) is 6.84. The van der Waals surface area contributed by atoms with Gasteiger partial charge >= 0.3 is 0 Å². The van der Waals surface area contributed by atoms with Crippen molar-refractivity contribution in [1.29, 1.82) is 0 Å². The van der Waals surface area contributed by atoms with Crippen LogP contribution in [0.4, 0.5) is 0 Å². The molecule has 1 aliphatic heterocycles. The largest absolute Gasteiger partial charge is 0.352 e. The monoisotopic (exact) mass is 238 g/mol. The second-order valence-corrected chi connectivity index (χ2v) is 6.84. The Labute approximate surface area is 105 Å². The molecule has 0 aromatic heterocycles. The maximum Gasteiger partial charge on any atom is 0.237 e. The van der Waals surface area contributed by atoms with E-state index in [1.807, 2.05) is 0 Å². The fraction of sp³-hybridized carbons (Fsp3) is 0.929. The minimum atomic E-state index is 0.0623. The average molecular weight is 238 g/mol. The summed E-state index contributed by atoms with van der Waals surface area (Å²) in [5.74, 6) is 1.54. The summed E-state index contributed by atoms with van der Waals surface area (Å²) >= 11 is 0. The summed E-state index contributed by atoms with van der Waals surface area (Å²) in [6, 6.07) is 0.282. The molecule has 0 aromatic carbocycles. The van der Waals surface area contributed by atoms with E-state index in [0.717, 1.165) is 12.5 Å². The molecule has 1 saturated heterocycles. The molecular formula is C14H26N2O. The van der Waals surface area contributed by atoms with Gasteiger partial charge in [-0.1, -0.05) is 27.2 Å². The van der Waals surface area contributed by atoms with Crippen LogP contribution >= 0.6 is 0 Å². The van der Waals surface area contributed by atoms with E-state index in [9.17, 15) is 4.79 Å². The van der Waals surface area contributed by atoms with E-state index >= 15 is 0 Å². The van der Waals surface area contributed by atoms with E-state index < -0.39 is 0 Å². The molecule has 2 rings (SSSR count). The first kappa shape index (κ1) is 12.9. The highest BCUT2D eigenvalue weighted by Crippen LogP contribution is 2.37. The van der Waals surface area contributed by atoms with Gasteiger partial charge in [0.15, 0.2) is 0 Å². The Morgan fingerprint density at radius 3 is 2.71 bits per heavy atom. The van der Waals surface area contributed by atoms with Gasteiger partial charge in [0.1, 0.15) is 0 Å². The fourth-order valence-electron chi connectivity index (χ4n) is 2.99. The van der Waals surface area contributed by atoms with Gasteiger partial charge in [0, 0.05) is 6.04 Å². The molecule has 1 saturated carbocycles. The van der Waals surface area contributed by atoms with Crippen molar-refractivity contribution in [3.05, 3.63) is 0 Å². The van der Waals surface area contributed by atoms with Crippen molar-refractivity contribution < 1.29 is 4.79 Å². The van der Waals surface area contributed by atoms with Gasteiger partial charge in [-0.2, -0.15) is 0 Å². The van der Waals surface area contributed by atoms with Gasteiger partial charge < -0.3 is 10.6 Å². The Balaban J connectivity index is 1.92. The predicted molar refractivity (Wildman–Crippen MR) is 69.7 cm³/mol. The highest BCUT2D eigenvalue weighted by atomic mass is 16.2. The van der Waals surface area contributed by atoms with Gasteiger partial charge in [0.25, 0.3) is 0 Å². The Hall–Kier alpha value is -0.570. The molecule has 0 radical (unpaired) electrons. The molecule has 2 N–H and O–H groups in total. The first-order valence-electron chi connectivity index (χ1n) is 6.93. The third-order valence-electron chi connectivity index (χ3n) is 4.69. The average Bonchev–Trinajstić information content (AvgIpc) is 2.75. The van der Waals surface area contributed by atoms with Crippen LogP contribution in [-0.4, -0.2) is 24.5 Å². The molecule has 17 heavy (non-hydrogen) atoms. The maximum atomic E-state index is 12.3. The normalized spacial score (nSPS) is 34.5. The molecule has 4 atom stereocenters. The number of hydrogen-bond acceptors (Lipinski definition) is 2. The smallest absolute Gasteiger partial charge is 0.237 e. The number of nitrogens with one attached hydrogen (secondary N) is 2. The quantitative estimate of drug-likeness (QED) is 0.772. The van der Waals surface area contributed by atoms with Crippen molar-refractivity contribution in [2.75, 3.05) is 6.54 Å². The first-order chi connectivity index (χ1) is 7.89. The SMILES string of the molecule is CC(NC(=O)C1NCC2CCCC21)C(C)(C)C. The molecule has 2 aliphatic rings. The summed E-state index contributed by atoms with van der Waals surface area (Å²) in [4.78, 5) is 12.3. The molecule has 0 spiro atoms. The summed E-state index contributed by atoms with van der Waals surface area (Å²) in [5.41, 5.74) is 0.128. The highest BCUT2D eigenvalue weighted by molar-refractivity contribution is 5.82. The van der Waals surface area contributed by atoms with Crippen LogP contribution in [-0.2, 0) is 4.79 Å². The summed E-state index contributed by atoms with van der Waals surface area (Å²) in [6.07, 6.45) is 3.82. The van der Waals surface area contributed by atoms with E-state index in [4.69, 9.17) is 0 Å². The Bertz CT molecular complexity index is 295. The topological polar surface area (TPSA) is 41.1 Å². The fourth-order valence-corrected chi connectivity index (χ4v) is 2.99. The number of rotatable bonds is 2. The number of carbonyl (C=O) groups excluding carboxylic acids is 1. The van der Waals surface area contributed by atoms with E-state index in [1.54, 1.807) is 0 Å². The van der Waals surface area contributed by atoms with Crippen LogP contribution in [0, 0.1) is 17.3 Å². The van der Waals surface area contributed by atoms with Gasteiger partial charge in [-0.3, -0.25) is 4.79 Å². The molecule has 1 aliphatic carbocycles. The van der Waals surface area contributed by atoms with Gasteiger partial charge in [-0.25, -0.2) is 0 Å². The molecule has 3 nitrogen and oxygen atoms in total. The van der Waals surface area contributed by atoms with Crippen molar-refractivity contribution in [1.82, 2.24) is 10.6 Å². The van der Waals surface area contributed by atoms with Crippen LogP contribution < -0.4 is 10.6 Å². The minimum absolute atomic E-state index is 0.0623. The van der Waals surface area contributed by atoms with Crippen LogP contribution in [0.5, 0.6) is 0 Å². The van der Waals surface area contributed by atoms with Crippen molar-refractivity contribution in [3.8, 4) is 0 Å². The summed E-state index contributed by atoms with van der Waals surface area (Å²) in [5, 5.41) is 6.58. The molecule has 3 heteroatoms. The van der Waals surface area contributed by atoms with E-state index in [1.165, 1.54) is 19.3 Å². The minimum Gasteiger partial charge on any atom is -0.352 e. The highest BCUT2D eigenvalue weighted by Gasteiger charge is 2.42. The summed E-state index contributed by atoms with van der Waals surface area (Å²) in [6.45, 7) is 9.63. The maximum absolute atomic E-state index is 12.3. The Morgan fingerprint density at radius 1 is 1.35 bits per heavy atom. The summed E-state index contributed by atoms with van der Waals surface area (Å²) < 4.78 is 0. The van der Waals surface area contributed by atoms with E-state index in [0.29, 0.717) is 5.92 Å². The molecule has 1 amide bonds. The van der Waals surface area contributed by atoms with Crippen LogP contribution in [0.1, 0.15) is 47.0 Å². The van der Waals surface area contributed by atoms with Crippen LogP contribution in [0.3, 0.4) is 0 Å². The van der Waals surface area contributed by atoms with Crippen LogP contribution in [0.2, 0.25) is 0 Å². The lowest BCUT2D eigenvalue weighted by atomic mass is 9.87. The number of hydrogen-bond donors (Lipinski definition) is 2. The molecule has 2 fully saturated rings. The van der Waals surface area contributed by atoms with Crippen molar-refractivity contribution in [3.63, 3.8) is 0 Å². The first-order valence-corrected chi connectivity index (χ1v) is 6.93. The van der Waals surface area contributed by atoms with Gasteiger partial charge in [-0.05, 0) is 43.6 Å². The number of carbonyl (C=O) groups is 1. The second kappa shape index (κ2) is 4.60. The lowest BCUT2D eigenvalue weighted by molar-refractivity contribution is -0.125. The van der Waals surface area contributed by atoms with Crippen LogP contribution in [0.15, 0.2) is 0 Å². The number of amides is 1. The zero-order valence-electron chi connectivity index (χ0n) is 11.5. The zero-order chi connectivity index (χ0) is 12.6. The number of fused-ring (bicyclic) bond motifs is 1. The van der Waals surface area contributed by atoms with Crippen molar-refractivity contribution >= 4 is 5.91 Å². The van der Waals surface area contributed by atoms with Gasteiger partial charge in [-0.15, -0.1) is 0 Å². The third-order valence-corrected chi connectivity index (χ3v) is 4.69. The van der Waals surface area contributed by atoms with E-state index in [2.05, 4.69) is 38.3 Å². The zero-order valence-corrected chi connectivity index (χ0v) is 11.5. The molecule has 1 heterocycles. The van der Waals surface area contributed by atoms with Gasteiger partial charge in [0.05, 0.1) is 6.04 Å². The third kappa shape index (κ3) is 2.65. The van der Waals surface area contributed by atoms with E-state index in [-0.39, 0.29) is 23.4 Å². The van der Waals surface area contributed by atoms with Crippen molar-refractivity contribution in [2.45, 2.75) is 59.0 Å². The molecule has 0 aromatic rings. The molecule has 0 bridgehead atoms. The van der Waals surface area contributed by atoms with Gasteiger partial charge in [0.2, 0.25) is 5.91 Å². The Morgan fingerprint density at radius 2 is 2.06 bits per heavy atom. The predicted octanol–water partition coefficient (Wildman–Crippen LogP) is 1.93. The lowest BCUT2D eigenvalue weighted by Gasteiger charge is -2.30. The molecular weight excluding hydrogens is 212 g/mol. The van der Waals surface area contributed by atoms with Crippen molar-refractivity contribution in [2.24, 2.45) is 17.3 Å². The summed E-state index contributed by atoms with van der Waals surface area (Å²) in [7, 11) is 0. The van der Waals surface area contributed by atoms with Crippen LogP contribution in [0.25, 0.3) is 0 Å². The lowest BCUT2D eigenvalue weighted by Crippen LogP contribution is -2.50. The Kier molecular flexibility index (Phi) is 3.48. The molecule has 98 valence electrons.